The standard InChI is InChI=1S/C10H13N3O3S/c14-9-2-7(17)4-13(9)8(10(15)16)1-6-3-11-5-12-6/h3,5,7-8,17H,1-2,4H2,(H,11,12)(H,15,16)/t7?,8-/m0/s1. The van der Waals surface area contributed by atoms with Gasteiger partial charge in [-0.05, 0) is 0 Å². The minimum atomic E-state index is -1.00. The highest BCUT2D eigenvalue weighted by atomic mass is 32.1. The van der Waals surface area contributed by atoms with Crippen molar-refractivity contribution in [3.05, 3.63) is 18.2 Å². The molecule has 1 fully saturated rings. The summed E-state index contributed by atoms with van der Waals surface area (Å²) < 4.78 is 0. The van der Waals surface area contributed by atoms with Crippen LogP contribution in [0, 0.1) is 0 Å². The molecule has 0 aromatic carbocycles. The number of aliphatic carboxylic acids is 1. The van der Waals surface area contributed by atoms with E-state index < -0.39 is 12.0 Å². The summed E-state index contributed by atoms with van der Waals surface area (Å²) in [7, 11) is 0. The summed E-state index contributed by atoms with van der Waals surface area (Å²) in [5, 5.41) is 9.11. The van der Waals surface area contributed by atoms with Crippen LogP contribution in [-0.2, 0) is 16.0 Å². The highest BCUT2D eigenvalue weighted by Crippen LogP contribution is 2.20. The number of carboxylic acids is 1. The number of aromatic nitrogens is 2. The average Bonchev–Trinajstić information content (AvgIpc) is 2.84. The predicted molar refractivity (Wildman–Crippen MR) is 62.8 cm³/mol. The number of H-pyrrole nitrogens is 1. The molecule has 0 spiro atoms. The van der Waals surface area contributed by atoms with Crippen molar-refractivity contribution in [2.45, 2.75) is 24.1 Å². The number of hydrogen-bond acceptors (Lipinski definition) is 4. The predicted octanol–water partition coefficient (Wildman–Crippen LogP) is -0.0639. The van der Waals surface area contributed by atoms with Crippen LogP contribution in [0.2, 0.25) is 0 Å². The van der Waals surface area contributed by atoms with E-state index in [1.165, 1.54) is 11.2 Å². The van der Waals surface area contributed by atoms with Crippen LogP contribution in [0.25, 0.3) is 0 Å². The Hall–Kier alpha value is -1.50. The molecule has 6 nitrogen and oxygen atoms in total. The summed E-state index contributed by atoms with van der Waals surface area (Å²) in [5.41, 5.74) is 0.702. The number of nitrogens with one attached hydrogen (secondary N) is 1. The molecule has 1 aliphatic rings. The maximum absolute atomic E-state index is 11.6. The van der Waals surface area contributed by atoms with Crippen molar-refractivity contribution < 1.29 is 14.7 Å². The van der Waals surface area contributed by atoms with Gasteiger partial charge in [0.15, 0.2) is 0 Å². The number of thiol groups is 1. The van der Waals surface area contributed by atoms with Crippen LogP contribution < -0.4 is 0 Å². The molecule has 1 aromatic rings. The van der Waals surface area contributed by atoms with Crippen molar-refractivity contribution in [1.82, 2.24) is 14.9 Å². The number of carbonyl (C=O) groups excluding carboxylic acids is 1. The monoisotopic (exact) mass is 255 g/mol. The summed E-state index contributed by atoms with van der Waals surface area (Å²) in [4.78, 5) is 30.9. The first-order valence-corrected chi connectivity index (χ1v) is 5.77. The van der Waals surface area contributed by atoms with Gasteiger partial charge in [-0.15, -0.1) is 0 Å². The van der Waals surface area contributed by atoms with Crippen LogP contribution in [0.3, 0.4) is 0 Å². The molecular formula is C10H13N3O3S. The van der Waals surface area contributed by atoms with Gasteiger partial charge in [0.25, 0.3) is 0 Å². The number of nitrogens with zero attached hydrogens (tertiary/aromatic N) is 2. The van der Waals surface area contributed by atoms with E-state index in [-0.39, 0.29) is 17.6 Å². The molecule has 1 amide bonds. The van der Waals surface area contributed by atoms with E-state index in [4.69, 9.17) is 0 Å². The van der Waals surface area contributed by atoms with E-state index in [0.29, 0.717) is 18.7 Å². The minimum absolute atomic E-state index is 0.0777. The van der Waals surface area contributed by atoms with Gasteiger partial charge >= 0.3 is 5.97 Å². The molecule has 0 radical (unpaired) electrons. The molecule has 2 rings (SSSR count). The van der Waals surface area contributed by atoms with Crippen LogP contribution in [0.4, 0.5) is 0 Å². The van der Waals surface area contributed by atoms with Gasteiger partial charge < -0.3 is 15.0 Å². The smallest absolute Gasteiger partial charge is 0.326 e. The molecule has 1 aromatic heterocycles. The molecule has 7 heteroatoms. The van der Waals surface area contributed by atoms with Gasteiger partial charge in [0.05, 0.1) is 6.33 Å². The highest BCUT2D eigenvalue weighted by molar-refractivity contribution is 7.81. The van der Waals surface area contributed by atoms with E-state index in [2.05, 4.69) is 22.6 Å². The van der Waals surface area contributed by atoms with Crippen LogP contribution >= 0.6 is 12.6 Å². The molecule has 1 saturated heterocycles. The Morgan fingerprint density at radius 1 is 1.76 bits per heavy atom. The van der Waals surface area contributed by atoms with Crippen molar-refractivity contribution in [3.8, 4) is 0 Å². The summed E-state index contributed by atoms with van der Waals surface area (Å²) in [6, 6.07) is -0.847. The number of rotatable bonds is 4. The van der Waals surface area contributed by atoms with E-state index in [1.54, 1.807) is 6.20 Å². The van der Waals surface area contributed by atoms with Crippen molar-refractivity contribution in [1.29, 1.82) is 0 Å². The number of likely N-dealkylation sites (tertiary alicyclic amines) is 1. The van der Waals surface area contributed by atoms with Gasteiger partial charge in [-0.2, -0.15) is 12.6 Å². The summed E-state index contributed by atoms with van der Waals surface area (Å²) in [5.74, 6) is -1.16. The third-order valence-electron chi connectivity index (χ3n) is 2.77. The lowest BCUT2D eigenvalue weighted by atomic mass is 10.1. The fourth-order valence-electron chi connectivity index (χ4n) is 1.95. The number of imidazole rings is 1. The van der Waals surface area contributed by atoms with Gasteiger partial charge in [0.1, 0.15) is 6.04 Å². The zero-order valence-electron chi connectivity index (χ0n) is 9.04. The second-order valence-electron chi connectivity index (χ2n) is 4.04. The van der Waals surface area contributed by atoms with Gasteiger partial charge in [-0.25, -0.2) is 9.78 Å². The average molecular weight is 255 g/mol. The second-order valence-corrected chi connectivity index (χ2v) is 4.77. The van der Waals surface area contributed by atoms with E-state index in [0.717, 1.165) is 0 Å². The molecule has 1 unspecified atom stereocenters. The molecule has 2 atom stereocenters. The second kappa shape index (κ2) is 4.79. The van der Waals surface area contributed by atoms with E-state index in [1.807, 2.05) is 0 Å². The highest BCUT2D eigenvalue weighted by Gasteiger charge is 2.36. The van der Waals surface area contributed by atoms with Crippen LogP contribution in [0.1, 0.15) is 12.1 Å². The van der Waals surface area contributed by atoms with Gasteiger partial charge in [0, 0.05) is 36.5 Å². The zero-order valence-corrected chi connectivity index (χ0v) is 9.93. The number of aromatic amines is 1. The lowest BCUT2D eigenvalue weighted by molar-refractivity contribution is -0.148. The van der Waals surface area contributed by atoms with Crippen molar-refractivity contribution in [3.63, 3.8) is 0 Å². The maximum atomic E-state index is 11.6. The lowest BCUT2D eigenvalue weighted by Gasteiger charge is -2.23. The van der Waals surface area contributed by atoms with Crippen molar-refractivity contribution >= 4 is 24.5 Å². The first kappa shape index (κ1) is 12.0. The van der Waals surface area contributed by atoms with E-state index in [9.17, 15) is 14.7 Å². The van der Waals surface area contributed by atoms with Gasteiger partial charge in [-0.3, -0.25) is 4.79 Å². The Bertz CT molecular complexity index is 420. The van der Waals surface area contributed by atoms with E-state index >= 15 is 0 Å². The SMILES string of the molecule is O=C(O)[C@H](Cc1cnc[nH]1)N1CC(S)CC1=O. The number of carbonyl (C=O) groups is 2. The quantitative estimate of drug-likeness (QED) is 0.658. The Labute approximate surface area is 103 Å². The molecule has 0 saturated carbocycles. The third-order valence-corrected chi connectivity index (χ3v) is 3.11. The van der Waals surface area contributed by atoms with Crippen LogP contribution in [-0.4, -0.2) is 49.7 Å². The Morgan fingerprint density at radius 2 is 2.53 bits per heavy atom. The normalized spacial score (nSPS) is 21.8. The molecule has 1 aliphatic heterocycles. The first-order chi connectivity index (χ1) is 8.08. The molecule has 0 bridgehead atoms. The topological polar surface area (TPSA) is 86.3 Å². The van der Waals surface area contributed by atoms with Crippen molar-refractivity contribution in [2.75, 3.05) is 6.54 Å². The fraction of sp³-hybridized carbons (Fsp3) is 0.500. The van der Waals surface area contributed by atoms with Crippen molar-refractivity contribution in [2.24, 2.45) is 0 Å². The maximum Gasteiger partial charge on any atom is 0.326 e. The summed E-state index contributed by atoms with van der Waals surface area (Å²) >= 11 is 4.21. The Balaban J connectivity index is 2.12. The zero-order chi connectivity index (χ0) is 12.4. The fourth-order valence-corrected chi connectivity index (χ4v) is 2.28. The third kappa shape index (κ3) is 2.60. The first-order valence-electron chi connectivity index (χ1n) is 5.25. The van der Waals surface area contributed by atoms with Crippen LogP contribution in [0.15, 0.2) is 12.5 Å². The number of carboxylic acid groups (broad SMARTS) is 1. The van der Waals surface area contributed by atoms with Crippen LogP contribution in [0.5, 0.6) is 0 Å². The molecular weight excluding hydrogens is 242 g/mol. The molecule has 0 aliphatic carbocycles. The molecule has 17 heavy (non-hydrogen) atoms. The molecule has 2 heterocycles. The minimum Gasteiger partial charge on any atom is -0.480 e. The number of hydrogen-bond donors (Lipinski definition) is 3. The molecule has 2 N–H and O–H groups in total. The number of amides is 1. The summed E-state index contributed by atoms with van der Waals surface area (Å²) in [6.45, 7) is 0.382. The lowest BCUT2D eigenvalue weighted by Crippen LogP contribution is -2.43. The Kier molecular flexibility index (Phi) is 3.37. The largest absolute Gasteiger partial charge is 0.480 e. The molecule has 92 valence electrons. The Morgan fingerprint density at radius 3 is 3.00 bits per heavy atom. The summed E-state index contributed by atoms with van der Waals surface area (Å²) in [6.07, 6.45) is 3.59. The van der Waals surface area contributed by atoms with Gasteiger partial charge in [0.2, 0.25) is 5.91 Å². The van der Waals surface area contributed by atoms with Gasteiger partial charge in [-0.1, -0.05) is 0 Å².